The lowest BCUT2D eigenvalue weighted by atomic mass is 9.89. The summed E-state index contributed by atoms with van der Waals surface area (Å²) < 4.78 is 5.33. The number of piperidine rings is 2. The maximum Gasteiger partial charge on any atom is 0.120 e. The molecule has 0 aliphatic carbocycles. The quantitative estimate of drug-likeness (QED) is 0.927. The molecule has 0 spiro atoms. The van der Waals surface area contributed by atoms with Gasteiger partial charge in [-0.3, -0.25) is 9.80 Å². The van der Waals surface area contributed by atoms with E-state index in [0.717, 1.165) is 5.75 Å². The van der Waals surface area contributed by atoms with Crippen LogP contribution in [0, 0.1) is 0 Å². The molecule has 2 aliphatic rings. The zero-order chi connectivity index (χ0) is 16.4. The average molecular weight is 327 g/mol. The second kappa shape index (κ2) is 7.16. The molecule has 1 aromatic carbocycles. The van der Waals surface area contributed by atoms with E-state index in [2.05, 4.69) is 39.2 Å². The zero-order valence-electron chi connectivity index (χ0n) is 14.8. The van der Waals surface area contributed by atoms with Gasteiger partial charge in [0.05, 0.1) is 13.8 Å². The van der Waals surface area contributed by atoms with Gasteiger partial charge < -0.3 is 9.72 Å². The minimum atomic E-state index is 0.685. The van der Waals surface area contributed by atoms with Gasteiger partial charge >= 0.3 is 0 Å². The molecule has 1 aromatic heterocycles. The molecule has 2 fully saturated rings. The van der Waals surface area contributed by atoms with Crippen molar-refractivity contribution in [1.29, 1.82) is 0 Å². The fourth-order valence-corrected chi connectivity index (χ4v) is 4.36. The largest absolute Gasteiger partial charge is 0.497 e. The number of fused-ring (bicyclic) bond motifs is 1. The molecule has 2 saturated heterocycles. The molecular formula is C20H29N3O. The van der Waals surface area contributed by atoms with E-state index in [1.807, 2.05) is 0 Å². The Morgan fingerprint density at radius 2 is 1.79 bits per heavy atom. The highest BCUT2D eigenvalue weighted by molar-refractivity contribution is 5.85. The fraction of sp³-hybridized carbons (Fsp3) is 0.600. The minimum Gasteiger partial charge on any atom is -0.497 e. The van der Waals surface area contributed by atoms with Gasteiger partial charge in [-0.05, 0) is 75.5 Å². The number of hydrogen-bond acceptors (Lipinski definition) is 3. The molecule has 0 saturated carbocycles. The lowest BCUT2D eigenvalue weighted by Gasteiger charge is -2.37. The van der Waals surface area contributed by atoms with Gasteiger partial charge in [0.25, 0.3) is 0 Å². The van der Waals surface area contributed by atoms with Gasteiger partial charge in [0.1, 0.15) is 5.75 Å². The smallest absolute Gasteiger partial charge is 0.120 e. The Morgan fingerprint density at radius 1 is 1.04 bits per heavy atom. The van der Waals surface area contributed by atoms with Gasteiger partial charge in [0.2, 0.25) is 0 Å². The fourth-order valence-electron chi connectivity index (χ4n) is 4.36. The highest BCUT2D eigenvalue weighted by Crippen LogP contribution is 2.34. The van der Waals surface area contributed by atoms with E-state index >= 15 is 0 Å². The summed E-state index contributed by atoms with van der Waals surface area (Å²) in [4.78, 5) is 8.73. The van der Waals surface area contributed by atoms with E-state index in [-0.39, 0.29) is 0 Å². The minimum absolute atomic E-state index is 0.685. The molecule has 4 rings (SSSR count). The molecule has 24 heavy (non-hydrogen) atoms. The Hall–Kier alpha value is -1.52. The number of rotatable bonds is 4. The Kier molecular flexibility index (Phi) is 4.76. The maximum atomic E-state index is 5.33. The van der Waals surface area contributed by atoms with Crippen molar-refractivity contribution in [2.24, 2.45) is 0 Å². The van der Waals surface area contributed by atoms with Gasteiger partial charge in [-0.1, -0.05) is 6.42 Å². The van der Waals surface area contributed by atoms with Crippen LogP contribution in [-0.4, -0.2) is 54.7 Å². The van der Waals surface area contributed by atoms with Gasteiger partial charge in [-0.25, -0.2) is 0 Å². The zero-order valence-corrected chi connectivity index (χ0v) is 14.8. The van der Waals surface area contributed by atoms with Crippen LogP contribution in [0.15, 0.2) is 24.4 Å². The van der Waals surface area contributed by atoms with E-state index in [1.165, 1.54) is 81.4 Å². The molecule has 1 N–H and O–H groups in total. The second-order valence-corrected chi connectivity index (χ2v) is 7.37. The standard InChI is InChI=1S/C20H29N3O/c1-24-17-5-6-18-19(14-21-20(18)13-17)16-7-11-23(12-8-16)15-22-9-3-2-4-10-22/h5-6,13-14,16,21H,2-4,7-12,15H2,1H3. The Labute approximate surface area is 144 Å². The molecule has 0 bridgehead atoms. The van der Waals surface area contributed by atoms with Gasteiger partial charge in [-0.2, -0.15) is 0 Å². The van der Waals surface area contributed by atoms with Crippen LogP contribution in [0.2, 0.25) is 0 Å². The third kappa shape index (κ3) is 3.31. The van der Waals surface area contributed by atoms with Gasteiger partial charge in [0.15, 0.2) is 0 Å². The number of nitrogens with zero attached hydrogens (tertiary/aromatic N) is 2. The number of likely N-dealkylation sites (tertiary alicyclic amines) is 2. The summed E-state index contributed by atoms with van der Waals surface area (Å²) in [6.07, 6.45) is 8.95. The average Bonchev–Trinajstić information content (AvgIpc) is 3.06. The monoisotopic (exact) mass is 327 g/mol. The number of H-pyrrole nitrogens is 1. The van der Waals surface area contributed by atoms with E-state index in [9.17, 15) is 0 Å². The Bertz CT molecular complexity index is 667. The van der Waals surface area contributed by atoms with E-state index in [4.69, 9.17) is 4.74 Å². The van der Waals surface area contributed by atoms with Crippen LogP contribution in [0.4, 0.5) is 0 Å². The maximum absolute atomic E-state index is 5.33. The van der Waals surface area contributed by atoms with Gasteiger partial charge in [0, 0.05) is 23.2 Å². The van der Waals surface area contributed by atoms with Crippen LogP contribution in [0.1, 0.15) is 43.6 Å². The number of nitrogens with one attached hydrogen (secondary N) is 1. The number of methoxy groups -OCH3 is 1. The summed E-state index contributed by atoms with van der Waals surface area (Å²) in [5, 5.41) is 1.37. The number of aromatic nitrogens is 1. The summed E-state index contributed by atoms with van der Waals surface area (Å²) in [6, 6.07) is 6.38. The van der Waals surface area contributed by atoms with E-state index in [0.29, 0.717) is 5.92 Å². The molecule has 2 aliphatic heterocycles. The summed E-state index contributed by atoms with van der Waals surface area (Å²) in [5.74, 6) is 1.61. The first-order chi connectivity index (χ1) is 11.8. The van der Waals surface area contributed by atoms with E-state index in [1.54, 1.807) is 7.11 Å². The molecular weight excluding hydrogens is 298 g/mol. The van der Waals surface area contributed by atoms with Crippen molar-refractivity contribution in [3.8, 4) is 5.75 Å². The Balaban J connectivity index is 1.38. The van der Waals surface area contributed by atoms with Crippen LogP contribution >= 0.6 is 0 Å². The first-order valence-electron chi connectivity index (χ1n) is 9.43. The lowest BCUT2D eigenvalue weighted by Crippen LogP contribution is -2.43. The molecule has 0 unspecified atom stereocenters. The predicted octanol–water partition coefficient (Wildman–Crippen LogP) is 3.80. The molecule has 4 heteroatoms. The third-order valence-corrected chi connectivity index (χ3v) is 5.80. The van der Waals surface area contributed by atoms with Crippen molar-refractivity contribution in [2.45, 2.75) is 38.0 Å². The second-order valence-electron chi connectivity index (χ2n) is 7.37. The van der Waals surface area contributed by atoms with E-state index < -0.39 is 0 Å². The van der Waals surface area contributed by atoms with Crippen molar-refractivity contribution in [3.05, 3.63) is 30.0 Å². The first-order valence-corrected chi connectivity index (χ1v) is 9.43. The van der Waals surface area contributed by atoms with Crippen molar-refractivity contribution in [1.82, 2.24) is 14.8 Å². The van der Waals surface area contributed by atoms with Crippen LogP contribution in [0.5, 0.6) is 5.75 Å². The highest BCUT2D eigenvalue weighted by atomic mass is 16.5. The molecule has 2 aromatic rings. The van der Waals surface area contributed by atoms with Gasteiger partial charge in [-0.15, -0.1) is 0 Å². The highest BCUT2D eigenvalue weighted by Gasteiger charge is 2.24. The van der Waals surface area contributed by atoms with Crippen molar-refractivity contribution in [2.75, 3.05) is 40.0 Å². The van der Waals surface area contributed by atoms with Crippen LogP contribution in [0.25, 0.3) is 10.9 Å². The van der Waals surface area contributed by atoms with Crippen molar-refractivity contribution in [3.63, 3.8) is 0 Å². The number of hydrogen-bond donors (Lipinski definition) is 1. The topological polar surface area (TPSA) is 31.5 Å². The van der Waals surface area contributed by atoms with Crippen LogP contribution in [-0.2, 0) is 0 Å². The number of benzene rings is 1. The molecule has 0 radical (unpaired) electrons. The summed E-state index contributed by atoms with van der Waals surface area (Å²) in [7, 11) is 1.73. The van der Waals surface area contributed by atoms with Crippen molar-refractivity contribution >= 4 is 10.9 Å². The normalized spacial score (nSPS) is 21.4. The van der Waals surface area contributed by atoms with Crippen LogP contribution in [0.3, 0.4) is 0 Å². The van der Waals surface area contributed by atoms with Crippen molar-refractivity contribution < 1.29 is 4.74 Å². The number of ether oxygens (including phenoxy) is 1. The predicted molar refractivity (Wildman–Crippen MR) is 98.7 cm³/mol. The lowest BCUT2D eigenvalue weighted by molar-refractivity contribution is 0.0928. The SMILES string of the molecule is COc1ccc2c(C3CCN(CN4CCCCC4)CC3)c[nH]c2c1. The van der Waals surface area contributed by atoms with Crippen LogP contribution < -0.4 is 4.74 Å². The molecule has 4 nitrogen and oxygen atoms in total. The summed E-state index contributed by atoms with van der Waals surface area (Å²) in [5.41, 5.74) is 2.69. The number of aromatic amines is 1. The molecule has 130 valence electrons. The Morgan fingerprint density at radius 3 is 2.54 bits per heavy atom. The first kappa shape index (κ1) is 16.0. The molecule has 0 atom stereocenters. The summed E-state index contributed by atoms with van der Waals surface area (Å²) >= 11 is 0. The molecule has 3 heterocycles. The molecule has 0 amide bonds. The third-order valence-electron chi connectivity index (χ3n) is 5.80. The summed E-state index contributed by atoms with van der Waals surface area (Å²) in [6.45, 7) is 6.22.